The molecule has 23 heavy (non-hydrogen) atoms. The predicted octanol–water partition coefficient (Wildman–Crippen LogP) is 5.13. The SMILES string of the molecule is CC(C)(C)CC(C)(C)c1cccc(N)c1.N=C1C=CC=CC1=N. The molecule has 0 radical (unpaired) electrons. The number of benzene rings is 1. The summed E-state index contributed by atoms with van der Waals surface area (Å²) >= 11 is 0. The van der Waals surface area contributed by atoms with Gasteiger partial charge in [0, 0.05) is 5.69 Å². The Hall–Kier alpha value is -2.16. The lowest BCUT2D eigenvalue weighted by Crippen LogP contribution is -2.24. The number of rotatable bonds is 2. The van der Waals surface area contributed by atoms with E-state index in [2.05, 4.69) is 46.8 Å². The maximum Gasteiger partial charge on any atom is 0.0789 e. The molecule has 1 aliphatic carbocycles. The third-order valence-corrected chi connectivity index (χ3v) is 3.57. The van der Waals surface area contributed by atoms with Gasteiger partial charge in [0.2, 0.25) is 0 Å². The van der Waals surface area contributed by atoms with Crippen LogP contribution in [0.3, 0.4) is 0 Å². The van der Waals surface area contributed by atoms with Crippen LogP contribution in [0.15, 0.2) is 48.6 Å². The average Bonchev–Trinajstić information content (AvgIpc) is 2.40. The first-order valence-corrected chi connectivity index (χ1v) is 7.89. The molecule has 1 aromatic carbocycles. The molecule has 1 aromatic rings. The van der Waals surface area contributed by atoms with Crippen LogP contribution in [0.1, 0.15) is 46.6 Å². The van der Waals surface area contributed by atoms with Crippen molar-refractivity contribution in [3.05, 3.63) is 54.1 Å². The summed E-state index contributed by atoms with van der Waals surface area (Å²) < 4.78 is 0. The first-order valence-electron chi connectivity index (χ1n) is 7.89. The Labute approximate surface area is 140 Å². The van der Waals surface area contributed by atoms with E-state index in [1.165, 1.54) is 5.56 Å². The first-order chi connectivity index (χ1) is 10.5. The molecule has 0 bridgehead atoms. The lowest BCUT2D eigenvalue weighted by atomic mass is 9.72. The summed E-state index contributed by atoms with van der Waals surface area (Å²) in [6, 6.07) is 8.24. The number of hydrogen-bond donors (Lipinski definition) is 3. The van der Waals surface area contributed by atoms with E-state index in [1.807, 2.05) is 12.1 Å². The van der Waals surface area contributed by atoms with Gasteiger partial charge in [0.15, 0.2) is 0 Å². The minimum atomic E-state index is 0.188. The topological polar surface area (TPSA) is 73.7 Å². The summed E-state index contributed by atoms with van der Waals surface area (Å²) in [6.07, 6.45) is 7.86. The molecule has 0 spiro atoms. The summed E-state index contributed by atoms with van der Waals surface area (Å²) in [4.78, 5) is 0. The number of nitrogen functional groups attached to an aromatic ring is 1. The lowest BCUT2D eigenvalue weighted by Gasteiger charge is -2.33. The molecule has 0 unspecified atom stereocenters. The number of nitrogens with one attached hydrogen (secondary N) is 2. The van der Waals surface area contributed by atoms with Gasteiger partial charge in [-0.05, 0) is 47.1 Å². The highest BCUT2D eigenvalue weighted by Gasteiger charge is 2.27. The second kappa shape index (κ2) is 7.40. The van der Waals surface area contributed by atoms with Crippen LogP contribution in [-0.4, -0.2) is 11.4 Å². The van der Waals surface area contributed by atoms with Crippen LogP contribution in [0.25, 0.3) is 0 Å². The highest BCUT2D eigenvalue weighted by molar-refractivity contribution is 6.48. The number of nitrogens with two attached hydrogens (primary N) is 1. The van der Waals surface area contributed by atoms with Gasteiger partial charge in [0.05, 0.1) is 11.4 Å². The van der Waals surface area contributed by atoms with E-state index < -0.39 is 0 Å². The first kappa shape index (κ1) is 18.9. The standard InChI is InChI=1S/C14H23N.C6H6N2/c1-13(2,3)10-14(4,5)11-7-6-8-12(15)9-11;7-5-3-1-2-4-6(5)8/h6-9H,10,15H2,1-5H3;1-4,7-8H. The van der Waals surface area contributed by atoms with Crippen LogP contribution in [-0.2, 0) is 5.41 Å². The van der Waals surface area contributed by atoms with Crippen molar-refractivity contribution in [1.82, 2.24) is 0 Å². The maximum absolute atomic E-state index is 7.03. The fourth-order valence-electron chi connectivity index (χ4n) is 2.87. The fourth-order valence-corrected chi connectivity index (χ4v) is 2.87. The molecule has 0 saturated carbocycles. The molecule has 1 aliphatic rings. The van der Waals surface area contributed by atoms with E-state index in [0.717, 1.165) is 12.1 Å². The van der Waals surface area contributed by atoms with Crippen molar-refractivity contribution in [2.75, 3.05) is 5.73 Å². The van der Waals surface area contributed by atoms with Gasteiger partial charge in [-0.25, -0.2) is 0 Å². The van der Waals surface area contributed by atoms with E-state index in [9.17, 15) is 0 Å². The summed E-state index contributed by atoms with van der Waals surface area (Å²) in [7, 11) is 0. The van der Waals surface area contributed by atoms with Gasteiger partial charge in [-0.1, -0.05) is 58.9 Å². The second-order valence-electron chi connectivity index (χ2n) is 7.79. The highest BCUT2D eigenvalue weighted by atomic mass is 14.5. The third kappa shape index (κ3) is 6.64. The van der Waals surface area contributed by atoms with Gasteiger partial charge in [-0.2, -0.15) is 0 Å². The Balaban J connectivity index is 0.000000277. The van der Waals surface area contributed by atoms with Crippen molar-refractivity contribution >= 4 is 17.1 Å². The van der Waals surface area contributed by atoms with Gasteiger partial charge in [-0.3, -0.25) is 10.8 Å². The average molecular weight is 311 g/mol. The zero-order valence-corrected chi connectivity index (χ0v) is 14.9. The molecule has 0 saturated heterocycles. The minimum Gasteiger partial charge on any atom is -0.399 e. The van der Waals surface area contributed by atoms with Crippen LogP contribution in [0, 0.1) is 16.2 Å². The Morgan fingerprint density at radius 1 is 0.913 bits per heavy atom. The largest absolute Gasteiger partial charge is 0.399 e. The number of anilines is 1. The summed E-state index contributed by atoms with van der Waals surface area (Å²) in [5, 5.41) is 14.1. The van der Waals surface area contributed by atoms with Crippen molar-refractivity contribution in [2.24, 2.45) is 5.41 Å². The molecule has 4 N–H and O–H groups in total. The Morgan fingerprint density at radius 2 is 1.43 bits per heavy atom. The third-order valence-electron chi connectivity index (χ3n) is 3.57. The van der Waals surface area contributed by atoms with Crippen molar-refractivity contribution in [3.8, 4) is 0 Å². The quantitative estimate of drug-likeness (QED) is 0.514. The molecule has 3 heteroatoms. The lowest BCUT2D eigenvalue weighted by molar-refractivity contribution is 0.284. The fraction of sp³-hybridized carbons (Fsp3) is 0.400. The summed E-state index contributed by atoms with van der Waals surface area (Å²) in [5.74, 6) is 0. The molecular formula is C20H29N3. The second-order valence-corrected chi connectivity index (χ2v) is 7.79. The number of hydrogen-bond acceptors (Lipinski definition) is 3. The van der Waals surface area contributed by atoms with Gasteiger partial charge in [0.25, 0.3) is 0 Å². The molecule has 0 heterocycles. The molecule has 2 rings (SSSR count). The van der Waals surface area contributed by atoms with Gasteiger partial charge in [-0.15, -0.1) is 0 Å². The summed E-state index contributed by atoms with van der Waals surface area (Å²) in [5.41, 5.74) is 9.10. The normalized spacial score (nSPS) is 14.5. The molecule has 0 fully saturated rings. The maximum atomic E-state index is 7.03. The van der Waals surface area contributed by atoms with E-state index in [-0.39, 0.29) is 16.8 Å². The summed E-state index contributed by atoms with van der Waals surface area (Å²) in [6.45, 7) is 11.4. The van der Waals surface area contributed by atoms with Crippen LogP contribution >= 0.6 is 0 Å². The highest BCUT2D eigenvalue weighted by Crippen LogP contribution is 2.36. The Morgan fingerprint density at radius 3 is 1.83 bits per heavy atom. The van der Waals surface area contributed by atoms with Crippen molar-refractivity contribution in [1.29, 1.82) is 10.8 Å². The Kier molecular flexibility index (Phi) is 6.08. The number of allylic oxidation sites excluding steroid dienone is 4. The van der Waals surface area contributed by atoms with E-state index in [0.29, 0.717) is 5.41 Å². The smallest absolute Gasteiger partial charge is 0.0789 e. The van der Waals surface area contributed by atoms with Crippen LogP contribution < -0.4 is 5.73 Å². The zero-order valence-electron chi connectivity index (χ0n) is 14.9. The minimum absolute atomic E-state index is 0.188. The van der Waals surface area contributed by atoms with E-state index >= 15 is 0 Å². The van der Waals surface area contributed by atoms with Crippen molar-refractivity contribution < 1.29 is 0 Å². The van der Waals surface area contributed by atoms with Crippen LogP contribution in [0.2, 0.25) is 0 Å². The van der Waals surface area contributed by atoms with E-state index in [4.69, 9.17) is 16.6 Å². The molecule has 0 atom stereocenters. The van der Waals surface area contributed by atoms with Crippen LogP contribution in [0.4, 0.5) is 5.69 Å². The van der Waals surface area contributed by atoms with Crippen LogP contribution in [0.5, 0.6) is 0 Å². The van der Waals surface area contributed by atoms with Gasteiger partial charge < -0.3 is 5.73 Å². The molecule has 3 nitrogen and oxygen atoms in total. The monoisotopic (exact) mass is 311 g/mol. The zero-order chi connectivity index (χ0) is 17.7. The predicted molar refractivity (Wildman–Crippen MR) is 102 cm³/mol. The van der Waals surface area contributed by atoms with Crippen molar-refractivity contribution in [2.45, 2.75) is 46.5 Å². The van der Waals surface area contributed by atoms with Gasteiger partial charge >= 0.3 is 0 Å². The molecule has 124 valence electrons. The Bertz CT molecular complexity index is 607. The molecule has 0 amide bonds. The molecule has 0 aromatic heterocycles. The van der Waals surface area contributed by atoms with Crippen molar-refractivity contribution in [3.63, 3.8) is 0 Å². The van der Waals surface area contributed by atoms with Gasteiger partial charge in [0.1, 0.15) is 0 Å². The molecule has 0 aliphatic heterocycles. The van der Waals surface area contributed by atoms with E-state index in [1.54, 1.807) is 24.3 Å². The molecular weight excluding hydrogens is 282 g/mol.